The summed E-state index contributed by atoms with van der Waals surface area (Å²) in [6, 6.07) is 0.682. The smallest absolute Gasteiger partial charge is 0.229 e. The molecule has 6 nitrogen and oxygen atoms in total. The Balaban J connectivity index is 1.39. The van der Waals surface area contributed by atoms with Gasteiger partial charge in [0.05, 0.1) is 0 Å². The summed E-state index contributed by atoms with van der Waals surface area (Å²) in [6.45, 7) is 8.34. The van der Waals surface area contributed by atoms with Crippen LogP contribution >= 0.6 is 0 Å². The quantitative estimate of drug-likeness (QED) is 0.700. The lowest BCUT2D eigenvalue weighted by molar-refractivity contribution is -0.139. The van der Waals surface area contributed by atoms with Crippen LogP contribution in [-0.2, 0) is 14.4 Å². The Bertz CT molecular complexity index is 516. The van der Waals surface area contributed by atoms with Crippen LogP contribution in [0.3, 0.4) is 0 Å². The Kier molecular flexibility index (Phi) is 6.33. The predicted octanol–water partition coefficient (Wildman–Crippen LogP) is 1.88. The molecule has 0 aromatic rings. The largest absolute Gasteiger partial charge is 0.340 e. The van der Waals surface area contributed by atoms with Crippen LogP contribution in [0.25, 0.3) is 0 Å². The van der Waals surface area contributed by atoms with E-state index in [0.717, 1.165) is 38.0 Å². The van der Waals surface area contributed by atoms with E-state index in [9.17, 15) is 14.4 Å². The number of carbonyl (C=O) groups is 3. The lowest BCUT2D eigenvalue weighted by atomic mass is 9.79. The highest BCUT2D eigenvalue weighted by Crippen LogP contribution is 2.32. The Morgan fingerprint density at radius 1 is 0.962 bits per heavy atom. The summed E-state index contributed by atoms with van der Waals surface area (Å²) in [7, 11) is 0. The van der Waals surface area contributed by atoms with Crippen molar-refractivity contribution in [1.29, 1.82) is 0 Å². The van der Waals surface area contributed by atoms with Crippen molar-refractivity contribution in [3.05, 3.63) is 0 Å². The molecule has 6 heteroatoms. The Morgan fingerprint density at radius 3 is 2.08 bits per heavy atom. The van der Waals surface area contributed by atoms with Crippen LogP contribution in [0.4, 0.5) is 0 Å². The number of carbonyl (C=O) groups excluding carboxylic acids is 3. The lowest BCUT2D eigenvalue weighted by Crippen LogP contribution is -2.53. The van der Waals surface area contributed by atoms with Gasteiger partial charge in [-0.25, -0.2) is 0 Å². The van der Waals surface area contributed by atoms with E-state index in [1.807, 2.05) is 4.90 Å². The second-order valence-corrected chi connectivity index (χ2v) is 8.42. The number of nitrogens with zero attached hydrogens (tertiary/aromatic N) is 3. The third kappa shape index (κ3) is 4.45. The standard InChI is InChI=1S/C20H33N3O3/c1-15(2)16-3-5-17(6-4-16)21-11-13-22(14-12-21)18(24)9-10-23-19(25)7-8-20(23)26/h15-17H,3-14H2,1-2H3. The third-order valence-electron chi connectivity index (χ3n) is 6.57. The molecule has 1 saturated carbocycles. The molecule has 0 radical (unpaired) electrons. The summed E-state index contributed by atoms with van der Waals surface area (Å²) in [5.74, 6) is 1.47. The summed E-state index contributed by atoms with van der Waals surface area (Å²) in [5, 5.41) is 0. The van der Waals surface area contributed by atoms with Gasteiger partial charge in [0, 0.05) is 58.0 Å². The maximum atomic E-state index is 12.4. The van der Waals surface area contributed by atoms with Gasteiger partial charge >= 0.3 is 0 Å². The molecule has 0 unspecified atom stereocenters. The molecule has 0 atom stereocenters. The van der Waals surface area contributed by atoms with Gasteiger partial charge in [-0.05, 0) is 37.5 Å². The summed E-state index contributed by atoms with van der Waals surface area (Å²) in [5.41, 5.74) is 0. The average molecular weight is 364 g/mol. The van der Waals surface area contributed by atoms with Crippen molar-refractivity contribution in [3.63, 3.8) is 0 Å². The van der Waals surface area contributed by atoms with Crippen LogP contribution < -0.4 is 0 Å². The molecule has 3 rings (SSSR count). The molecule has 0 bridgehead atoms. The number of hydrogen-bond donors (Lipinski definition) is 0. The average Bonchev–Trinajstić information content (AvgIpc) is 2.98. The van der Waals surface area contributed by atoms with E-state index in [-0.39, 0.29) is 30.7 Å². The van der Waals surface area contributed by atoms with Crippen LogP contribution in [0.1, 0.15) is 58.8 Å². The van der Waals surface area contributed by atoms with Crippen LogP contribution in [0.15, 0.2) is 0 Å². The second-order valence-electron chi connectivity index (χ2n) is 8.42. The molecule has 0 aromatic carbocycles. The second kappa shape index (κ2) is 8.51. The molecular formula is C20H33N3O3. The number of likely N-dealkylation sites (tertiary alicyclic amines) is 1. The van der Waals surface area contributed by atoms with Gasteiger partial charge in [-0.1, -0.05) is 13.8 Å². The van der Waals surface area contributed by atoms with Crippen LogP contribution in [0, 0.1) is 11.8 Å². The number of rotatable bonds is 5. The van der Waals surface area contributed by atoms with Crippen molar-refractivity contribution in [2.45, 2.75) is 64.8 Å². The first kappa shape index (κ1) is 19.3. The van der Waals surface area contributed by atoms with Gasteiger partial charge in [-0.3, -0.25) is 24.2 Å². The Hall–Kier alpha value is -1.43. The van der Waals surface area contributed by atoms with Crippen LogP contribution in [0.5, 0.6) is 0 Å². The van der Waals surface area contributed by atoms with Crippen molar-refractivity contribution in [2.75, 3.05) is 32.7 Å². The lowest BCUT2D eigenvalue weighted by Gasteiger charge is -2.42. The minimum atomic E-state index is -0.135. The minimum Gasteiger partial charge on any atom is -0.340 e. The highest BCUT2D eigenvalue weighted by molar-refractivity contribution is 6.02. The van der Waals surface area contributed by atoms with Gasteiger partial charge in [0.1, 0.15) is 0 Å². The Labute approximate surface area is 156 Å². The van der Waals surface area contributed by atoms with E-state index < -0.39 is 0 Å². The van der Waals surface area contributed by atoms with Gasteiger partial charge in [-0.15, -0.1) is 0 Å². The van der Waals surface area contributed by atoms with Crippen LogP contribution in [-0.4, -0.2) is 71.2 Å². The molecule has 146 valence electrons. The zero-order chi connectivity index (χ0) is 18.7. The first-order chi connectivity index (χ1) is 12.5. The number of hydrogen-bond acceptors (Lipinski definition) is 4. The summed E-state index contributed by atoms with van der Waals surface area (Å²) >= 11 is 0. The highest BCUT2D eigenvalue weighted by Gasteiger charge is 2.32. The molecular weight excluding hydrogens is 330 g/mol. The van der Waals surface area contributed by atoms with Gasteiger partial charge in [-0.2, -0.15) is 0 Å². The van der Waals surface area contributed by atoms with Gasteiger partial charge < -0.3 is 4.90 Å². The topological polar surface area (TPSA) is 60.9 Å². The van der Waals surface area contributed by atoms with Crippen molar-refractivity contribution >= 4 is 17.7 Å². The van der Waals surface area contributed by atoms with Crippen molar-refractivity contribution in [1.82, 2.24) is 14.7 Å². The maximum absolute atomic E-state index is 12.4. The fourth-order valence-corrected chi connectivity index (χ4v) is 4.71. The van der Waals surface area contributed by atoms with E-state index in [1.165, 1.54) is 30.6 Å². The molecule has 26 heavy (non-hydrogen) atoms. The monoisotopic (exact) mass is 363 g/mol. The molecule has 0 spiro atoms. The molecule has 0 N–H and O–H groups in total. The maximum Gasteiger partial charge on any atom is 0.229 e. The normalized spacial score (nSPS) is 28.3. The molecule has 0 aromatic heterocycles. The minimum absolute atomic E-state index is 0.0701. The highest BCUT2D eigenvalue weighted by atomic mass is 16.2. The fourth-order valence-electron chi connectivity index (χ4n) is 4.71. The molecule has 2 heterocycles. The molecule has 3 fully saturated rings. The molecule has 2 aliphatic heterocycles. The van der Waals surface area contributed by atoms with Crippen molar-refractivity contribution in [3.8, 4) is 0 Å². The summed E-state index contributed by atoms with van der Waals surface area (Å²) in [4.78, 5) is 41.4. The predicted molar refractivity (Wildman–Crippen MR) is 99.3 cm³/mol. The van der Waals surface area contributed by atoms with E-state index in [2.05, 4.69) is 18.7 Å². The van der Waals surface area contributed by atoms with Gasteiger partial charge in [0.2, 0.25) is 17.7 Å². The molecule has 3 amide bonds. The van der Waals surface area contributed by atoms with Gasteiger partial charge in [0.25, 0.3) is 0 Å². The van der Waals surface area contributed by atoms with Crippen LogP contribution in [0.2, 0.25) is 0 Å². The first-order valence-corrected chi connectivity index (χ1v) is 10.3. The molecule has 2 saturated heterocycles. The zero-order valence-corrected chi connectivity index (χ0v) is 16.3. The zero-order valence-electron chi connectivity index (χ0n) is 16.3. The summed E-state index contributed by atoms with van der Waals surface area (Å²) < 4.78 is 0. The first-order valence-electron chi connectivity index (χ1n) is 10.3. The van der Waals surface area contributed by atoms with E-state index >= 15 is 0 Å². The third-order valence-corrected chi connectivity index (χ3v) is 6.57. The SMILES string of the molecule is CC(C)C1CCC(N2CCN(C(=O)CCN3C(=O)CCC3=O)CC2)CC1. The van der Waals surface area contributed by atoms with Crippen molar-refractivity contribution in [2.24, 2.45) is 11.8 Å². The van der Waals surface area contributed by atoms with E-state index in [4.69, 9.17) is 0 Å². The summed E-state index contributed by atoms with van der Waals surface area (Å²) in [6.07, 6.45) is 6.09. The van der Waals surface area contributed by atoms with Crippen molar-refractivity contribution < 1.29 is 14.4 Å². The molecule has 1 aliphatic carbocycles. The number of amides is 3. The number of piperazine rings is 1. The molecule has 3 aliphatic rings. The number of imide groups is 1. The van der Waals surface area contributed by atoms with Gasteiger partial charge in [0.15, 0.2) is 0 Å². The fraction of sp³-hybridized carbons (Fsp3) is 0.850. The van der Waals surface area contributed by atoms with E-state index in [0.29, 0.717) is 18.9 Å². The Morgan fingerprint density at radius 2 is 1.54 bits per heavy atom. The van der Waals surface area contributed by atoms with E-state index in [1.54, 1.807) is 0 Å².